The number of carbonyl (C=O) groups is 1. The fourth-order valence-electron chi connectivity index (χ4n) is 3.84. The highest BCUT2D eigenvalue weighted by Crippen LogP contribution is 2.41. The molecule has 1 N–H and O–H groups in total. The van der Waals surface area contributed by atoms with Gasteiger partial charge in [0.1, 0.15) is 5.69 Å². The lowest BCUT2D eigenvalue weighted by atomic mass is 9.89. The second kappa shape index (κ2) is 7.15. The fourth-order valence-corrected chi connectivity index (χ4v) is 3.84. The van der Waals surface area contributed by atoms with Gasteiger partial charge in [-0.2, -0.15) is 0 Å². The van der Waals surface area contributed by atoms with Crippen LogP contribution in [0.2, 0.25) is 0 Å². The number of benzene rings is 2. The van der Waals surface area contributed by atoms with E-state index in [4.69, 9.17) is 0 Å². The number of anilines is 1. The number of hydrogen-bond donors (Lipinski definition) is 1. The van der Waals surface area contributed by atoms with Crippen molar-refractivity contribution in [2.75, 3.05) is 18.5 Å². The summed E-state index contributed by atoms with van der Waals surface area (Å²) < 4.78 is 0. The summed E-state index contributed by atoms with van der Waals surface area (Å²) in [5.74, 6) is -0.326. The Kier molecular flexibility index (Phi) is 4.93. The maximum atomic E-state index is 11.8. The van der Waals surface area contributed by atoms with Crippen molar-refractivity contribution >= 4 is 17.3 Å². The molecule has 0 saturated carbocycles. The van der Waals surface area contributed by atoms with Crippen LogP contribution in [0.4, 0.5) is 11.4 Å². The molecule has 0 radical (unpaired) electrons. The smallest absolute Gasteiger partial charge is 0.293 e. The van der Waals surface area contributed by atoms with E-state index in [-0.39, 0.29) is 17.1 Å². The van der Waals surface area contributed by atoms with Crippen LogP contribution in [0.3, 0.4) is 0 Å². The summed E-state index contributed by atoms with van der Waals surface area (Å²) in [6.45, 7) is 2.92. The molecule has 6 heteroatoms. The van der Waals surface area contributed by atoms with Gasteiger partial charge in [0.25, 0.3) is 11.6 Å². The quantitative estimate of drug-likeness (QED) is 0.659. The van der Waals surface area contributed by atoms with Gasteiger partial charge in [-0.15, -0.1) is 0 Å². The first-order chi connectivity index (χ1) is 12.4. The molecule has 2 aromatic rings. The molecule has 1 aliphatic rings. The number of nitrogens with one attached hydrogen (secondary N) is 1. The Morgan fingerprint density at radius 2 is 2.00 bits per heavy atom. The number of nitro benzene ring substituents is 1. The molecule has 0 aliphatic carbocycles. The van der Waals surface area contributed by atoms with E-state index in [1.54, 1.807) is 12.1 Å². The van der Waals surface area contributed by atoms with E-state index < -0.39 is 4.92 Å². The zero-order chi connectivity index (χ0) is 18.7. The molecule has 1 fully saturated rings. The predicted octanol–water partition coefficient (Wildman–Crippen LogP) is 3.56. The van der Waals surface area contributed by atoms with Crippen molar-refractivity contribution in [3.8, 4) is 0 Å². The first-order valence-electron chi connectivity index (χ1n) is 8.77. The highest BCUT2D eigenvalue weighted by Gasteiger charge is 2.39. The second-order valence-electron chi connectivity index (χ2n) is 6.95. The van der Waals surface area contributed by atoms with Gasteiger partial charge in [-0.1, -0.05) is 30.3 Å². The van der Waals surface area contributed by atoms with Crippen LogP contribution in [-0.4, -0.2) is 30.0 Å². The molecule has 26 heavy (non-hydrogen) atoms. The molecule has 136 valence electrons. The van der Waals surface area contributed by atoms with Crippen LogP contribution in [0.15, 0.2) is 48.5 Å². The van der Waals surface area contributed by atoms with Crippen LogP contribution in [0.1, 0.15) is 35.7 Å². The summed E-state index contributed by atoms with van der Waals surface area (Å²) in [6, 6.07) is 14.9. The van der Waals surface area contributed by atoms with Gasteiger partial charge in [0.05, 0.1) is 4.92 Å². The second-order valence-corrected chi connectivity index (χ2v) is 6.95. The molecule has 3 rings (SSSR count). The first kappa shape index (κ1) is 17.9. The average Bonchev–Trinajstić information content (AvgIpc) is 3.02. The minimum absolute atomic E-state index is 0.0210. The van der Waals surface area contributed by atoms with E-state index in [0.717, 1.165) is 25.8 Å². The van der Waals surface area contributed by atoms with Crippen LogP contribution in [0.5, 0.6) is 0 Å². The summed E-state index contributed by atoms with van der Waals surface area (Å²) in [6.07, 6.45) is 2.77. The molecular formula is C20H23N3O3. The zero-order valence-electron chi connectivity index (χ0n) is 15.1. The summed E-state index contributed by atoms with van der Waals surface area (Å²) in [5.41, 5.74) is 1.88. The summed E-state index contributed by atoms with van der Waals surface area (Å²) in [4.78, 5) is 25.2. The number of amides is 1. The molecule has 2 aromatic carbocycles. The van der Waals surface area contributed by atoms with Gasteiger partial charge in [-0.25, -0.2) is 0 Å². The molecule has 1 atom stereocenters. The van der Waals surface area contributed by atoms with Gasteiger partial charge in [-0.3, -0.25) is 14.9 Å². The minimum Gasteiger partial charge on any atom is -0.360 e. The van der Waals surface area contributed by atoms with Crippen molar-refractivity contribution in [3.63, 3.8) is 0 Å². The molecule has 0 spiro atoms. The topological polar surface area (TPSA) is 75.5 Å². The number of rotatable bonds is 5. The third-order valence-electron chi connectivity index (χ3n) is 5.13. The largest absolute Gasteiger partial charge is 0.360 e. The lowest BCUT2D eigenvalue weighted by Crippen LogP contribution is -2.43. The summed E-state index contributed by atoms with van der Waals surface area (Å²) >= 11 is 0. The third-order valence-corrected chi connectivity index (χ3v) is 5.13. The Morgan fingerprint density at radius 3 is 2.65 bits per heavy atom. The maximum Gasteiger partial charge on any atom is 0.293 e. The summed E-state index contributed by atoms with van der Waals surface area (Å²) in [7, 11) is 1.51. The number of hydrogen-bond acceptors (Lipinski definition) is 4. The van der Waals surface area contributed by atoms with E-state index in [9.17, 15) is 14.9 Å². The standard InChI is InChI=1S/C20H23N3O3/c1-20(14-15-7-4-3-5-8-15)11-6-12-22(20)17-10-9-16(19(24)21-2)13-18(17)23(25)26/h3-5,7-10,13H,6,11-12,14H2,1-2H3,(H,21,24). The van der Waals surface area contributed by atoms with Gasteiger partial charge >= 0.3 is 0 Å². The molecular weight excluding hydrogens is 330 g/mol. The Hall–Kier alpha value is -2.89. The van der Waals surface area contributed by atoms with Gasteiger partial charge in [-0.05, 0) is 43.9 Å². The fraction of sp³-hybridized carbons (Fsp3) is 0.350. The monoisotopic (exact) mass is 353 g/mol. The molecule has 1 heterocycles. The van der Waals surface area contributed by atoms with Crippen molar-refractivity contribution in [1.29, 1.82) is 0 Å². The number of nitrogens with zero attached hydrogens (tertiary/aromatic N) is 2. The number of nitro groups is 1. The van der Waals surface area contributed by atoms with Crippen molar-refractivity contribution < 1.29 is 9.72 Å². The Morgan fingerprint density at radius 1 is 1.27 bits per heavy atom. The maximum absolute atomic E-state index is 11.8. The number of carbonyl (C=O) groups excluding carboxylic acids is 1. The van der Waals surface area contributed by atoms with E-state index in [2.05, 4.69) is 29.3 Å². The van der Waals surface area contributed by atoms with Gasteiger partial charge in [0.2, 0.25) is 0 Å². The third kappa shape index (κ3) is 3.40. The molecule has 1 aliphatic heterocycles. The zero-order valence-corrected chi connectivity index (χ0v) is 15.1. The molecule has 1 unspecified atom stereocenters. The first-order valence-corrected chi connectivity index (χ1v) is 8.77. The van der Waals surface area contributed by atoms with Gasteiger partial charge < -0.3 is 10.2 Å². The van der Waals surface area contributed by atoms with Crippen molar-refractivity contribution in [1.82, 2.24) is 5.32 Å². The highest BCUT2D eigenvalue weighted by atomic mass is 16.6. The average molecular weight is 353 g/mol. The normalized spacial score (nSPS) is 19.4. The predicted molar refractivity (Wildman–Crippen MR) is 102 cm³/mol. The van der Waals surface area contributed by atoms with Crippen LogP contribution in [0, 0.1) is 10.1 Å². The van der Waals surface area contributed by atoms with Crippen LogP contribution >= 0.6 is 0 Å². The van der Waals surface area contributed by atoms with Crippen LogP contribution in [-0.2, 0) is 6.42 Å². The minimum atomic E-state index is -0.400. The lowest BCUT2D eigenvalue weighted by Gasteiger charge is -2.37. The van der Waals surface area contributed by atoms with E-state index >= 15 is 0 Å². The van der Waals surface area contributed by atoms with Crippen molar-refractivity contribution in [2.24, 2.45) is 0 Å². The Balaban J connectivity index is 1.98. The highest BCUT2D eigenvalue weighted by molar-refractivity contribution is 5.95. The van der Waals surface area contributed by atoms with Crippen molar-refractivity contribution in [3.05, 3.63) is 69.8 Å². The molecule has 0 aromatic heterocycles. The Bertz CT molecular complexity index is 822. The molecule has 1 saturated heterocycles. The molecule has 6 nitrogen and oxygen atoms in total. The van der Waals surface area contributed by atoms with E-state index in [1.165, 1.54) is 18.7 Å². The Labute approximate surface area is 153 Å². The van der Waals surface area contributed by atoms with Gasteiger partial charge in [0, 0.05) is 30.8 Å². The van der Waals surface area contributed by atoms with E-state index in [1.807, 2.05) is 18.2 Å². The van der Waals surface area contributed by atoms with E-state index in [0.29, 0.717) is 11.3 Å². The SMILES string of the molecule is CNC(=O)c1ccc(N2CCCC2(C)Cc2ccccc2)c([N+](=O)[O-])c1. The van der Waals surface area contributed by atoms with Crippen molar-refractivity contribution in [2.45, 2.75) is 31.7 Å². The summed E-state index contributed by atoms with van der Waals surface area (Å²) in [5, 5.41) is 14.2. The molecule has 1 amide bonds. The van der Waals surface area contributed by atoms with Crippen LogP contribution < -0.4 is 10.2 Å². The lowest BCUT2D eigenvalue weighted by molar-refractivity contribution is -0.384. The molecule has 0 bridgehead atoms. The van der Waals surface area contributed by atoms with Gasteiger partial charge in [0.15, 0.2) is 0 Å². The van der Waals surface area contributed by atoms with Crippen LogP contribution in [0.25, 0.3) is 0 Å².